The summed E-state index contributed by atoms with van der Waals surface area (Å²) in [4.78, 5) is 27.2. The molecule has 2 aromatic rings. The molecule has 2 aliphatic rings. The highest BCUT2D eigenvalue weighted by molar-refractivity contribution is 6.31. The largest absolute Gasteiger partial charge is 0.496 e. The number of fused-ring (bicyclic) bond motifs is 1. The monoisotopic (exact) mass is 416 g/mol. The smallest absolute Gasteiger partial charge is 0.321 e. The second-order valence-electron chi connectivity index (χ2n) is 7.45. The third-order valence-electron chi connectivity index (χ3n) is 5.69. The summed E-state index contributed by atoms with van der Waals surface area (Å²) < 4.78 is 5.56. The van der Waals surface area contributed by atoms with Crippen molar-refractivity contribution in [1.29, 1.82) is 0 Å². The van der Waals surface area contributed by atoms with Crippen LogP contribution in [-0.4, -0.2) is 52.8 Å². The molecular formula is C21H21ClN2O5. The summed E-state index contributed by atoms with van der Waals surface area (Å²) in [5.74, 6) is -1.06. The lowest BCUT2D eigenvalue weighted by Gasteiger charge is -2.40. The third-order valence-corrected chi connectivity index (χ3v) is 5.92. The van der Waals surface area contributed by atoms with E-state index in [4.69, 9.17) is 16.3 Å². The summed E-state index contributed by atoms with van der Waals surface area (Å²) in [6.45, 7) is 1.91. The molecule has 1 amide bonds. The standard InChI is InChI=1S/C21H21ClN2O5/c1-11-3-6-18(29-2)15(7-11)21(24-10-13(25)9-17(24)19(26)27)14-8-12(22)4-5-16(14)23-20(21)28/h3-8,13,17,25H,9-10H2,1-2H3,(H,23,28)(H,26,27)/t13-,17+,21?/m1/s1. The normalized spacial score (nSPS) is 26.3. The van der Waals surface area contributed by atoms with Gasteiger partial charge in [0.05, 0.1) is 13.2 Å². The Morgan fingerprint density at radius 1 is 1.28 bits per heavy atom. The number of halogens is 1. The fraction of sp³-hybridized carbons (Fsp3) is 0.333. The number of amides is 1. The molecule has 0 saturated carbocycles. The summed E-state index contributed by atoms with van der Waals surface area (Å²) >= 11 is 6.27. The van der Waals surface area contributed by atoms with Gasteiger partial charge in [-0.1, -0.05) is 23.2 Å². The van der Waals surface area contributed by atoms with Gasteiger partial charge in [-0.15, -0.1) is 0 Å². The number of nitrogens with zero attached hydrogens (tertiary/aromatic N) is 1. The van der Waals surface area contributed by atoms with Crippen LogP contribution in [0.1, 0.15) is 23.1 Å². The first-order chi connectivity index (χ1) is 13.8. The number of ether oxygens (including phenoxy) is 1. The van der Waals surface area contributed by atoms with Crippen LogP contribution in [0.3, 0.4) is 0 Å². The first-order valence-electron chi connectivity index (χ1n) is 9.23. The van der Waals surface area contributed by atoms with Crippen LogP contribution in [-0.2, 0) is 15.1 Å². The maximum Gasteiger partial charge on any atom is 0.321 e. The van der Waals surface area contributed by atoms with Crippen LogP contribution in [0.25, 0.3) is 0 Å². The molecule has 1 fully saturated rings. The van der Waals surface area contributed by atoms with E-state index in [1.807, 2.05) is 19.1 Å². The highest BCUT2D eigenvalue weighted by atomic mass is 35.5. The minimum absolute atomic E-state index is 0.0213. The summed E-state index contributed by atoms with van der Waals surface area (Å²) in [7, 11) is 1.50. The Kier molecular flexibility index (Phi) is 4.77. The number of benzene rings is 2. The zero-order chi connectivity index (χ0) is 20.9. The van der Waals surface area contributed by atoms with Crippen LogP contribution in [0.4, 0.5) is 5.69 Å². The number of carboxylic acid groups (broad SMARTS) is 1. The van der Waals surface area contributed by atoms with Gasteiger partial charge < -0.3 is 20.3 Å². The zero-order valence-electron chi connectivity index (χ0n) is 16.0. The molecule has 1 unspecified atom stereocenters. The van der Waals surface area contributed by atoms with E-state index in [1.165, 1.54) is 7.11 Å². The van der Waals surface area contributed by atoms with E-state index in [0.717, 1.165) is 5.56 Å². The average molecular weight is 417 g/mol. The summed E-state index contributed by atoms with van der Waals surface area (Å²) in [5.41, 5.74) is 0.986. The third kappa shape index (κ3) is 2.88. The highest BCUT2D eigenvalue weighted by Gasteiger charge is 2.59. The molecule has 2 heterocycles. The lowest BCUT2D eigenvalue weighted by atomic mass is 9.80. The SMILES string of the molecule is COc1ccc(C)cc1C1(N2C[C@H](O)C[C@H]2C(=O)O)C(=O)Nc2ccc(Cl)cc21. The number of β-amino-alcohol motifs (C(OH)–C–C–N with tert-alkyl or cyclic N) is 1. The fourth-order valence-corrected chi connectivity index (χ4v) is 4.66. The molecule has 2 aliphatic heterocycles. The van der Waals surface area contributed by atoms with Gasteiger partial charge >= 0.3 is 5.97 Å². The highest BCUT2D eigenvalue weighted by Crippen LogP contribution is 2.51. The van der Waals surface area contributed by atoms with Crippen molar-refractivity contribution in [3.63, 3.8) is 0 Å². The first kappa shape index (κ1) is 19.7. The molecule has 8 heteroatoms. The molecule has 7 nitrogen and oxygen atoms in total. The number of aryl methyl sites for hydroxylation is 1. The Morgan fingerprint density at radius 3 is 2.72 bits per heavy atom. The quantitative estimate of drug-likeness (QED) is 0.707. The number of carbonyl (C=O) groups excluding carboxylic acids is 1. The number of rotatable bonds is 4. The van der Waals surface area contributed by atoms with E-state index in [0.29, 0.717) is 27.6 Å². The Morgan fingerprint density at radius 2 is 2.03 bits per heavy atom. The van der Waals surface area contributed by atoms with Gasteiger partial charge in [-0.25, -0.2) is 0 Å². The van der Waals surface area contributed by atoms with Gasteiger partial charge in [-0.2, -0.15) is 0 Å². The van der Waals surface area contributed by atoms with Crippen molar-refractivity contribution in [2.75, 3.05) is 19.0 Å². The average Bonchev–Trinajstić information content (AvgIpc) is 3.19. The Bertz CT molecular complexity index is 1010. The lowest BCUT2D eigenvalue weighted by molar-refractivity contribution is -0.145. The van der Waals surface area contributed by atoms with Gasteiger partial charge in [0.1, 0.15) is 11.8 Å². The van der Waals surface area contributed by atoms with Crippen molar-refractivity contribution < 1.29 is 24.5 Å². The zero-order valence-corrected chi connectivity index (χ0v) is 16.7. The van der Waals surface area contributed by atoms with Crippen molar-refractivity contribution in [2.45, 2.75) is 31.0 Å². The number of likely N-dealkylation sites (tertiary alicyclic amines) is 1. The fourth-order valence-electron chi connectivity index (χ4n) is 4.49. The molecule has 3 atom stereocenters. The number of methoxy groups -OCH3 is 1. The van der Waals surface area contributed by atoms with E-state index in [-0.39, 0.29) is 13.0 Å². The Balaban J connectivity index is 2.08. The van der Waals surface area contributed by atoms with Crippen molar-refractivity contribution in [3.05, 3.63) is 58.1 Å². The molecule has 152 valence electrons. The number of hydrogen-bond donors (Lipinski definition) is 3. The van der Waals surface area contributed by atoms with Crippen LogP contribution in [0.5, 0.6) is 5.75 Å². The van der Waals surface area contributed by atoms with E-state index in [2.05, 4.69) is 5.32 Å². The minimum atomic E-state index is -1.50. The topological polar surface area (TPSA) is 99.1 Å². The number of anilines is 1. The van der Waals surface area contributed by atoms with E-state index >= 15 is 0 Å². The van der Waals surface area contributed by atoms with Crippen molar-refractivity contribution in [2.24, 2.45) is 0 Å². The van der Waals surface area contributed by atoms with Crippen LogP contribution in [0.2, 0.25) is 5.02 Å². The molecule has 0 radical (unpaired) electrons. The molecule has 1 saturated heterocycles. The van der Waals surface area contributed by atoms with Crippen molar-refractivity contribution >= 4 is 29.2 Å². The second-order valence-corrected chi connectivity index (χ2v) is 7.89. The number of aliphatic hydroxyl groups is 1. The molecule has 0 aromatic heterocycles. The van der Waals surface area contributed by atoms with Gasteiger partial charge in [-0.3, -0.25) is 14.5 Å². The summed E-state index contributed by atoms with van der Waals surface area (Å²) in [5, 5.41) is 23.5. The number of hydrogen-bond acceptors (Lipinski definition) is 5. The molecule has 0 spiro atoms. The number of carbonyl (C=O) groups is 2. The summed E-state index contributed by atoms with van der Waals surface area (Å²) in [6.07, 6.45) is -0.853. The second kappa shape index (κ2) is 7.02. The molecular weight excluding hydrogens is 396 g/mol. The predicted molar refractivity (Wildman–Crippen MR) is 107 cm³/mol. The first-order valence-corrected chi connectivity index (χ1v) is 9.61. The predicted octanol–water partition coefficient (Wildman–Crippen LogP) is 2.37. The number of nitrogens with one attached hydrogen (secondary N) is 1. The Hall–Kier alpha value is -2.61. The molecule has 3 N–H and O–H groups in total. The van der Waals surface area contributed by atoms with Gasteiger partial charge in [0.15, 0.2) is 5.54 Å². The van der Waals surface area contributed by atoms with Crippen molar-refractivity contribution in [3.8, 4) is 5.75 Å². The van der Waals surface area contributed by atoms with E-state index in [9.17, 15) is 19.8 Å². The Labute approximate surface area is 172 Å². The summed E-state index contributed by atoms with van der Waals surface area (Å²) in [6, 6.07) is 9.41. The van der Waals surface area contributed by atoms with Crippen LogP contribution >= 0.6 is 11.6 Å². The molecule has 0 bridgehead atoms. The van der Waals surface area contributed by atoms with Gasteiger partial charge in [-0.05, 0) is 37.3 Å². The van der Waals surface area contributed by atoms with Crippen molar-refractivity contribution in [1.82, 2.24) is 4.90 Å². The van der Waals surface area contributed by atoms with Gasteiger partial charge in [0.2, 0.25) is 0 Å². The molecule has 2 aromatic carbocycles. The number of carboxylic acids is 1. The number of aliphatic carboxylic acids is 1. The van der Waals surface area contributed by atoms with Gasteiger partial charge in [0.25, 0.3) is 5.91 Å². The van der Waals surface area contributed by atoms with Crippen LogP contribution in [0.15, 0.2) is 36.4 Å². The molecule has 0 aliphatic carbocycles. The molecule has 4 rings (SSSR count). The van der Waals surface area contributed by atoms with E-state index < -0.39 is 29.6 Å². The maximum absolute atomic E-state index is 13.6. The van der Waals surface area contributed by atoms with Gasteiger partial charge in [0, 0.05) is 34.8 Å². The number of aliphatic hydroxyl groups excluding tert-OH is 1. The van der Waals surface area contributed by atoms with E-state index in [1.54, 1.807) is 29.2 Å². The van der Waals surface area contributed by atoms with Crippen LogP contribution < -0.4 is 10.1 Å². The minimum Gasteiger partial charge on any atom is -0.496 e. The maximum atomic E-state index is 13.6. The lowest BCUT2D eigenvalue weighted by Crippen LogP contribution is -2.56. The van der Waals surface area contributed by atoms with Crippen LogP contribution in [0, 0.1) is 6.92 Å². The molecule has 29 heavy (non-hydrogen) atoms.